The van der Waals surface area contributed by atoms with Gasteiger partial charge in [-0.3, -0.25) is 0 Å². The second-order valence-corrected chi connectivity index (χ2v) is 2.62. The highest BCUT2D eigenvalue weighted by Gasteiger charge is 1.95. The van der Waals surface area contributed by atoms with Crippen LogP contribution in [0.1, 0.15) is 5.56 Å². The Morgan fingerprint density at radius 2 is 2.07 bits per heavy atom. The summed E-state index contributed by atoms with van der Waals surface area (Å²) < 4.78 is 9.74. The third-order valence-electron chi connectivity index (χ3n) is 1.56. The first-order chi connectivity index (χ1) is 6.83. The predicted molar refractivity (Wildman–Crippen MR) is 52.4 cm³/mol. The Kier molecular flexibility index (Phi) is 4.44. The van der Waals surface area contributed by atoms with Crippen molar-refractivity contribution in [3.63, 3.8) is 0 Å². The summed E-state index contributed by atoms with van der Waals surface area (Å²) in [7, 11) is 0. The number of ether oxygens (including phenoxy) is 2. The Hall–Kier alpha value is -1.61. The molecule has 1 rings (SSSR count). The van der Waals surface area contributed by atoms with Gasteiger partial charge < -0.3 is 9.47 Å². The molecule has 74 valence electrons. The van der Waals surface area contributed by atoms with E-state index in [2.05, 4.69) is 11.3 Å². The third-order valence-corrected chi connectivity index (χ3v) is 1.56. The van der Waals surface area contributed by atoms with Crippen LogP contribution >= 0.6 is 0 Å². The molecule has 0 aliphatic heterocycles. The standard InChI is InChI=1S/C11H12O3/c1-2-11(12)14-9-13-8-10-6-4-3-5-7-10/h2-7H,1,8-9H2. The fourth-order valence-corrected chi connectivity index (χ4v) is 0.892. The average Bonchev–Trinajstić information content (AvgIpc) is 2.25. The first-order valence-electron chi connectivity index (χ1n) is 4.24. The van der Waals surface area contributed by atoms with Gasteiger partial charge >= 0.3 is 5.97 Å². The second-order valence-electron chi connectivity index (χ2n) is 2.62. The number of hydrogen-bond acceptors (Lipinski definition) is 3. The molecule has 0 unspecified atom stereocenters. The summed E-state index contributed by atoms with van der Waals surface area (Å²) in [6, 6.07) is 9.66. The van der Waals surface area contributed by atoms with Gasteiger partial charge in [-0.15, -0.1) is 0 Å². The molecular formula is C11H12O3. The molecule has 0 radical (unpaired) electrons. The van der Waals surface area contributed by atoms with Gasteiger partial charge in [0.25, 0.3) is 0 Å². The van der Waals surface area contributed by atoms with Gasteiger partial charge in [0, 0.05) is 6.08 Å². The zero-order valence-corrected chi connectivity index (χ0v) is 7.81. The van der Waals surface area contributed by atoms with Gasteiger partial charge in [-0.1, -0.05) is 36.9 Å². The molecule has 1 aromatic carbocycles. The Balaban J connectivity index is 2.16. The van der Waals surface area contributed by atoms with Crippen molar-refractivity contribution in [3.05, 3.63) is 48.6 Å². The van der Waals surface area contributed by atoms with Crippen molar-refractivity contribution in [1.29, 1.82) is 0 Å². The number of benzene rings is 1. The van der Waals surface area contributed by atoms with Gasteiger partial charge in [-0.25, -0.2) is 4.79 Å². The smallest absolute Gasteiger partial charge is 0.332 e. The van der Waals surface area contributed by atoms with Crippen molar-refractivity contribution in [2.45, 2.75) is 6.61 Å². The third kappa shape index (κ3) is 3.87. The van der Waals surface area contributed by atoms with Crippen molar-refractivity contribution >= 4 is 5.97 Å². The molecule has 0 saturated carbocycles. The van der Waals surface area contributed by atoms with Crippen LogP contribution < -0.4 is 0 Å². The fourth-order valence-electron chi connectivity index (χ4n) is 0.892. The summed E-state index contributed by atoms with van der Waals surface area (Å²) in [6.45, 7) is 3.66. The van der Waals surface area contributed by atoms with E-state index in [-0.39, 0.29) is 6.79 Å². The lowest BCUT2D eigenvalue weighted by Crippen LogP contribution is -2.05. The molecule has 0 bridgehead atoms. The van der Waals surface area contributed by atoms with Crippen molar-refractivity contribution in [2.75, 3.05) is 6.79 Å². The Bertz CT molecular complexity index is 293. The summed E-state index contributed by atoms with van der Waals surface area (Å²) >= 11 is 0. The van der Waals surface area contributed by atoms with Crippen molar-refractivity contribution < 1.29 is 14.3 Å². The van der Waals surface area contributed by atoms with E-state index in [1.54, 1.807) is 0 Å². The fraction of sp³-hybridized carbons (Fsp3) is 0.182. The van der Waals surface area contributed by atoms with Crippen LogP contribution in [0.4, 0.5) is 0 Å². The van der Waals surface area contributed by atoms with Gasteiger partial charge in [-0.05, 0) is 5.56 Å². The monoisotopic (exact) mass is 192 g/mol. The largest absolute Gasteiger partial charge is 0.435 e. The molecule has 3 heteroatoms. The molecule has 0 aliphatic rings. The van der Waals surface area contributed by atoms with Crippen LogP contribution in [0.15, 0.2) is 43.0 Å². The summed E-state index contributed by atoms with van der Waals surface area (Å²) in [5.41, 5.74) is 1.04. The first kappa shape index (κ1) is 10.5. The van der Waals surface area contributed by atoms with E-state index in [4.69, 9.17) is 4.74 Å². The molecule has 0 aromatic heterocycles. The molecule has 0 aliphatic carbocycles. The highest BCUT2D eigenvalue weighted by Crippen LogP contribution is 2.00. The normalized spacial score (nSPS) is 9.43. The maximum atomic E-state index is 10.6. The summed E-state index contributed by atoms with van der Waals surface area (Å²) in [4.78, 5) is 10.6. The Morgan fingerprint density at radius 3 is 2.71 bits per heavy atom. The van der Waals surface area contributed by atoms with Crippen LogP contribution in [0.2, 0.25) is 0 Å². The first-order valence-corrected chi connectivity index (χ1v) is 4.24. The summed E-state index contributed by atoms with van der Waals surface area (Å²) in [6.07, 6.45) is 1.10. The molecular weight excluding hydrogens is 180 g/mol. The molecule has 0 N–H and O–H groups in total. The van der Waals surface area contributed by atoms with Crippen LogP contribution in [0, 0.1) is 0 Å². The number of esters is 1. The van der Waals surface area contributed by atoms with Crippen LogP contribution in [0.25, 0.3) is 0 Å². The Labute approximate surface area is 83.0 Å². The number of hydrogen-bond donors (Lipinski definition) is 0. The second kappa shape index (κ2) is 5.94. The molecule has 3 nitrogen and oxygen atoms in total. The molecule has 0 amide bonds. The predicted octanol–water partition coefficient (Wildman–Crippen LogP) is 1.89. The van der Waals surface area contributed by atoms with E-state index in [9.17, 15) is 4.79 Å². The lowest BCUT2D eigenvalue weighted by molar-refractivity contribution is -0.151. The molecule has 0 heterocycles. The highest BCUT2D eigenvalue weighted by atomic mass is 16.7. The van der Waals surface area contributed by atoms with Crippen molar-refractivity contribution in [1.82, 2.24) is 0 Å². The molecule has 0 spiro atoms. The van der Waals surface area contributed by atoms with Gasteiger partial charge in [0.05, 0.1) is 6.61 Å². The number of rotatable bonds is 5. The van der Waals surface area contributed by atoms with E-state index in [0.29, 0.717) is 6.61 Å². The molecule has 0 atom stereocenters. The van der Waals surface area contributed by atoms with Crippen LogP contribution in [-0.2, 0) is 20.9 Å². The molecule has 14 heavy (non-hydrogen) atoms. The summed E-state index contributed by atoms with van der Waals surface area (Å²) in [5.74, 6) is -0.474. The summed E-state index contributed by atoms with van der Waals surface area (Å²) in [5, 5.41) is 0. The quantitative estimate of drug-likeness (QED) is 0.309. The zero-order chi connectivity index (χ0) is 10.2. The zero-order valence-electron chi connectivity index (χ0n) is 7.81. The minimum absolute atomic E-state index is 0.0419. The van der Waals surface area contributed by atoms with Crippen LogP contribution in [-0.4, -0.2) is 12.8 Å². The lowest BCUT2D eigenvalue weighted by atomic mass is 10.2. The van der Waals surface area contributed by atoms with Gasteiger partial charge in [0.1, 0.15) is 0 Å². The minimum atomic E-state index is -0.474. The number of carbonyl (C=O) groups is 1. The maximum Gasteiger partial charge on any atom is 0.332 e. The van der Waals surface area contributed by atoms with E-state index in [1.807, 2.05) is 30.3 Å². The SMILES string of the molecule is C=CC(=O)OCOCc1ccccc1. The van der Waals surface area contributed by atoms with Crippen LogP contribution in [0.5, 0.6) is 0 Å². The average molecular weight is 192 g/mol. The van der Waals surface area contributed by atoms with E-state index in [0.717, 1.165) is 11.6 Å². The maximum absolute atomic E-state index is 10.6. The number of carbonyl (C=O) groups excluding carboxylic acids is 1. The van der Waals surface area contributed by atoms with Gasteiger partial charge in [0.15, 0.2) is 6.79 Å². The van der Waals surface area contributed by atoms with Crippen LogP contribution in [0.3, 0.4) is 0 Å². The highest BCUT2D eigenvalue weighted by molar-refractivity contribution is 5.81. The van der Waals surface area contributed by atoms with E-state index >= 15 is 0 Å². The van der Waals surface area contributed by atoms with Gasteiger partial charge in [0.2, 0.25) is 0 Å². The molecule has 0 saturated heterocycles. The van der Waals surface area contributed by atoms with E-state index in [1.165, 1.54) is 0 Å². The Morgan fingerprint density at radius 1 is 1.36 bits per heavy atom. The van der Waals surface area contributed by atoms with Crippen molar-refractivity contribution in [3.8, 4) is 0 Å². The molecule has 1 aromatic rings. The van der Waals surface area contributed by atoms with Crippen molar-refractivity contribution in [2.24, 2.45) is 0 Å². The minimum Gasteiger partial charge on any atom is -0.435 e. The van der Waals surface area contributed by atoms with Gasteiger partial charge in [-0.2, -0.15) is 0 Å². The van der Waals surface area contributed by atoms with E-state index < -0.39 is 5.97 Å². The molecule has 0 fully saturated rings. The lowest BCUT2D eigenvalue weighted by Gasteiger charge is -2.03. The topological polar surface area (TPSA) is 35.5 Å².